The lowest BCUT2D eigenvalue weighted by atomic mass is 10.2. The molecule has 0 saturated carbocycles. The smallest absolute Gasteiger partial charge is 0.290 e. The quantitative estimate of drug-likeness (QED) is 0.476. The van der Waals surface area contributed by atoms with Gasteiger partial charge < -0.3 is 4.57 Å². The molecular weight excluding hydrogens is 290 g/mol. The highest BCUT2D eigenvalue weighted by Gasteiger charge is 2.12. The Morgan fingerprint density at radius 2 is 2.10 bits per heavy atom. The summed E-state index contributed by atoms with van der Waals surface area (Å²) in [5.74, 6) is 0. The van der Waals surface area contributed by atoms with Crippen molar-refractivity contribution in [1.82, 2.24) is 4.57 Å². The molecule has 0 unspecified atom stereocenters. The molecule has 5 nitrogen and oxygen atoms in total. The van der Waals surface area contributed by atoms with Crippen molar-refractivity contribution in [2.24, 2.45) is 4.99 Å². The van der Waals surface area contributed by atoms with E-state index in [1.165, 1.54) is 17.8 Å². The third-order valence-electron chi connectivity index (χ3n) is 3.41. The highest BCUT2D eigenvalue weighted by atomic mass is 35.5. The number of aryl methyl sites for hydroxylation is 1. The molecule has 0 saturated heterocycles. The minimum atomic E-state index is -0.510. The first kappa shape index (κ1) is 15.3. The lowest BCUT2D eigenvalue weighted by Gasteiger charge is -2.04. The summed E-state index contributed by atoms with van der Waals surface area (Å²) in [6.45, 7) is 7.06. The Hall–Kier alpha value is -2.14. The van der Waals surface area contributed by atoms with E-state index in [-0.39, 0.29) is 10.7 Å². The lowest BCUT2D eigenvalue weighted by Crippen LogP contribution is -1.99. The number of benzene rings is 1. The number of nitro benzene ring substituents is 1. The van der Waals surface area contributed by atoms with Crippen LogP contribution in [-0.2, 0) is 6.54 Å². The van der Waals surface area contributed by atoms with Crippen LogP contribution in [0.2, 0.25) is 5.02 Å². The minimum Gasteiger partial charge on any atom is -0.349 e. The molecule has 0 aliphatic rings. The molecule has 110 valence electrons. The third-order valence-corrected chi connectivity index (χ3v) is 3.73. The molecule has 0 N–H and O–H groups in total. The van der Waals surface area contributed by atoms with E-state index in [1.807, 2.05) is 19.9 Å². The molecule has 0 atom stereocenters. The maximum Gasteiger partial charge on any atom is 0.290 e. The van der Waals surface area contributed by atoms with Crippen LogP contribution in [0, 0.1) is 24.0 Å². The summed E-state index contributed by atoms with van der Waals surface area (Å²) < 4.78 is 2.19. The average Bonchev–Trinajstić information content (AvgIpc) is 2.71. The molecule has 0 radical (unpaired) electrons. The number of nitro groups is 1. The number of nitrogens with zero attached hydrogens (tertiary/aromatic N) is 3. The summed E-state index contributed by atoms with van der Waals surface area (Å²) in [5, 5.41) is 11.0. The van der Waals surface area contributed by atoms with Crippen LogP contribution in [0.3, 0.4) is 0 Å². The zero-order valence-electron chi connectivity index (χ0n) is 12.1. The van der Waals surface area contributed by atoms with Crippen molar-refractivity contribution in [3.05, 3.63) is 56.4 Å². The lowest BCUT2D eigenvalue weighted by molar-refractivity contribution is -0.384. The summed E-state index contributed by atoms with van der Waals surface area (Å²) in [6.07, 6.45) is 1.72. The van der Waals surface area contributed by atoms with E-state index in [1.54, 1.807) is 12.3 Å². The van der Waals surface area contributed by atoms with Gasteiger partial charge in [0.05, 0.1) is 10.6 Å². The first-order chi connectivity index (χ1) is 9.93. The van der Waals surface area contributed by atoms with E-state index in [2.05, 4.69) is 16.5 Å². The molecule has 0 bridgehead atoms. The molecule has 2 rings (SSSR count). The summed E-state index contributed by atoms with van der Waals surface area (Å²) in [4.78, 5) is 14.7. The second-order valence-corrected chi connectivity index (χ2v) is 5.13. The van der Waals surface area contributed by atoms with Crippen LogP contribution in [-0.4, -0.2) is 15.7 Å². The Balaban J connectivity index is 2.34. The molecule has 1 aromatic heterocycles. The average molecular weight is 306 g/mol. The van der Waals surface area contributed by atoms with Gasteiger partial charge in [-0.25, -0.2) is 0 Å². The molecule has 1 heterocycles. The normalized spacial score (nSPS) is 11.2. The number of hydrogen-bond donors (Lipinski definition) is 0. The first-order valence-corrected chi connectivity index (χ1v) is 6.96. The predicted octanol–water partition coefficient (Wildman–Crippen LogP) is 4.44. The summed E-state index contributed by atoms with van der Waals surface area (Å²) in [7, 11) is 0. The van der Waals surface area contributed by atoms with E-state index in [0.717, 1.165) is 17.8 Å². The summed E-state index contributed by atoms with van der Waals surface area (Å²) in [5.41, 5.74) is 3.67. The fraction of sp³-hybridized carbons (Fsp3) is 0.267. The third kappa shape index (κ3) is 3.13. The van der Waals surface area contributed by atoms with Crippen molar-refractivity contribution in [2.45, 2.75) is 27.3 Å². The van der Waals surface area contributed by atoms with E-state index < -0.39 is 4.92 Å². The maximum atomic E-state index is 10.9. The Morgan fingerprint density at radius 1 is 1.38 bits per heavy atom. The highest BCUT2D eigenvalue weighted by molar-refractivity contribution is 6.32. The monoisotopic (exact) mass is 305 g/mol. The SMILES string of the molecule is CCn1c(C)cc(C=Nc2ccc(Cl)c([N+](=O)[O-])c2)c1C. The van der Waals surface area contributed by atoms with Crippen LogP contribution < -0.4 is 0 Å². The van der Waals surface area contributed by atoms with Gasteiger partial charge in [-0.05, 0) is 39.0 Å². The number of hydrogen-bond acceptors (Lipinski definition) is 3. The largest absolute Gasteiger partial charge is 0.349 e. The number of aromatic nitrogens is 1. The van der Waals surface area contributed by atoms with Crippen LogP contribution in [0.4, 0.5) is 11.4 Å². The topological polar surface area (TPSA) is 60.4 Å². The van der Waals surface area contributed by atoms with Crippen molar-refractivity contribution in [3.63, 3.8) is 0 Å². The van der Waals surface area contributed by atoms with Crippen molar-refractivity contribution >= 4 is 29.2 Å². The molecule has 0 spiro atoms. The molecule has 0 aliphatic carbocycles. The van der Waals surface area contributed by atoms with Gasteiger partial charge in [0.1, 0.15) is 5.02 Å². The molecule has 6 heteroatoms. The first-order valence-electron chi connectivity index (χ1n) is 6.58. The molecular formula is C15H16ClN3O2. The maximum absolute atomic E-state index is 10.9. The number of rotatable bonds is 4. The number of halogens is 1. The van der Waals surface area contributed by atoms with E-state index in [0.29, 0.717) is 5.69 Å². The van der Waals surface area contributed by atoms with E-state index in [4.69, 9.17) is 11.6 Å². The van der Waals surface area contributed by atoms with Gasteiger partial charge in [0.25, 0.3) is 5.69 Å². The van der Waals surface area contributed by atoms with Crippen molar-refractivity contribution in [3.8, 4) is 0 Å². The summed E-state index contributed by atoms with van der Waals surface area (Å²) in [6, 6.07) is 6.57. The molecule has 0 aliphatic heterocycles. The van der Waals surface area contributed by atoms with Gasteiger partial charge in [-0.1, -0.05) is 11.6 Å². The highest BCUT2D eigenvalue weighted by Crippen LogP contribution is 2.28. The van der Waals surface area contributed by atoms with Crippen LogP contribution in [0.15, 0.2) is 29.3 Å². The van der Waals surface area contributed by atoms with Gasteiger partial charge in [0.2, 0.25) is 0 Å². The summed E-state index contributed by atoms with van der Waals surface area (Å²) >= 11 is 5.78. The molecule has 0 amide bonds. The minimum absolute atomic E-state index is 0.114. The van der Waals surface area contributed by atoms with Crippen LogP contribution in [0.25, 0.3) is 0 Å². The van der Waals surface area contributed by atoms with Crippen LogP contribution >= 0.6 is 11.6 Å². The Bertz CT molecular complexity index is 720. The van der Waals surface area contributed by atoms with Crippen LogP contribution in [0.1, 0.15) is 23.9 Å². The Kier molecular flexibility index (Phi) is 4.43. The van der Waals surface area contributed by atoms with Gasteiger partial charge >= 0.3 is 0 Å². The fourth-order valence-electron chi connectivity index (χ4n) is 2.31. The zero-order valence-corrected chi connectivity index (χ0v) is 12.9. The predicted molar refractivity (Wildman–Crippen MR) is 84.9 cm³/mol. The standard InChI is InChI=1S/C15H16ClN3O2/c1-4-18-10(2)7-12(11(18)3)9-17-13-5-6-14(16)15(8-13)19(20)21/h5-9H,4H2,1-3H3. The Labute approximate surface area is 128 Å². The Morgan fingerprint density at radius 3 is 2.67 bits per heavy atom. The van der Waals surface area contributed by atoms with E-state index >= 15 is 0 Å². The van der Waals surface area contributed by atoms with Crippen molar-refractivity contribution in [1.29, 1.82) is 0 Å². The van der Waals surface area contributed by atoms with Crippen molar-refractivity contribution in [2.75, 3.05) is 0 Å². The molecule has 21 heavy (non-hydrogen) atoms. The molecule has 0 fully saturated rings. The molecule has 1 aromatic carbocycles. The fourth-order valence-corrected chi connectivity index (χ4v) is 2.50. The second-order valence-electron chi connectivity index (χ2n) is 4.72. The zero-order chi connectivity index (χ0) is 15.6. The van der Waals surface area contributed by atoms with E-state index in [9.17, 15) is 10.1 Å². The van der Waals surface area contributed by atoms with Gasteiger partial charge in [0.15, 0.2) is 0 Å². The number of aliphatic imine (C=N–C) groups is 1. The van der Waals surface area contributed by atoms with Crippen molar-refractivity contribution < 1.29 is 4.92 Å². The van der Waals surface area contributed by atoms with Crippen LogP contribution in [0.5, 0.6) is 0 Å². The van der Waals surface area contributed by atoms with Gasteiger partial charge in [-0.15, -0.1) is 0 Å². The van der Waals surface area contributed by atoms with Gasteiger partial charge in [-0.3, -0.25) is 15.1 Å². The van der Waals surface area contributed by atoms with Gasteiger partial charge in [0, 0.05) is 35.8 Å². The van der Waals surface area contributed by atoms with Gasteiger partial charge in [-0.2, -0.15) is 0 Å². The molecule has 2 aromatic rings. The second kappa shape index (κ2) is 6.10.